The van der Waals surface area contributed by atoms with Gasteiger partial charge in [-0.2, -0.15) is 0 Å². The van der Waals surface area contributed by atoms with E-state index in [1.807, 2.05) is 0 Å². The summed E-state index contributed by atoms with van der Waals surface area (Å²) in [6.45, 7) is 4.86. The van der Waals surface area contributed by atoms with E-state index >= 15 is 0 Å². The van der Waals surface area contributed by atoms with E-state index in [-0.39, 0.29) is 18.5 Å². The number of carbonyl (C=O) groups is 2. The third-order valence-corrected chi connectivity index (χ3v) is 11.3. The minimum Gasteiger partial charge on any atom is -0.466 e. The number of allylic oxidation sites excluding steroid dienone is 4. The number of hydrogen-bond donors (Lipinski definition) is 3. The van der Waals surface area contributed by atoms with E-state index in [9.17, 15) is 19.8 Å². The van der Waals surface area contributed by atoms with Crippen LogP contribution in [0.3, 0.4) is 0 Å². The molecular weight excluding hydrogens is 695 g/mol. The van der Waals surface area contributed by atoms with Crippen LogP contribution in [0.2, 0.25) is 0 Å². The van der Waals surface area contributed by atoms with Gasteiger partial charge in [0.05, 0.1) is 25.4 Å². The Labute approximate surface area is 348 Å². The first-order valence-electron chi connectivity index (χ1n) is 24.6. The van der Waals surface area contributed by atoms with Crippen LogP contribution in [0.5, 0.6) is 0 Å². The minimum absolute atomic E-state index is 0.0330. The molecule has 6 heteroatoms. The van der Waals surface area contributed by atoms with Crippen molar-refractivity contribution < 1.29 is 24.5 Å². The first kappa shape index (κ1) is 54.3. The number of unbranched alkanes of at least 4 members (excludes halogenated alkanes) is 30. The summed E-state index contributed by atoms with van der Waals surface area (Å²) >= 11 is 0. The Bertz CT molecular complexity index is 874. The second kappa shape index (κ2) is 46.0. The molecule has 0 bridgehead atoms. The van der Waals surface area contributed by atoms with Gasteiger partial charge in [0.1, 0.15) is 0 Å². The molecule has 0 spiro atoms. The normalized spacial score (nSPS) is 12.9. The van der Waals surface area contributed by atoms with Crippen LogP contribution in [0.25, 0.3) is 0 Å². The molecular formula is C50H95NO5. The second-order valence-electron chi connectivity index (χ2n) is 16.8. The first-order chi connectivity index (χ1) is 27.5. The van der Waals surface area contributed by atoms with Crippen LogP contribution >= 0.6 is 0 Å². The predicted molar refractivity (Wildman–Crippen MR) is 241 cm³/mol. The fourth-order valence-electron chi connectivity index (χ4n) is 7.43. The van der Waals surface area contributed by atoms with Gasteiger partial charge in [0.15, 0.2) is 0 Å². The van der Waals surface area contributed by atoms with Crippen LogP contribution in [0.15, 0.2) is 24.3 Å². The van der Waals surface area contributed by atoms with Crippen LogP contribution in [0.4, 0.5) is 0 Å². The van der Waals surface area contributed by atoms with E-state index in [0.29, 0.717) is 25.9 Å². The number of carbonyl (C=O) groups excluding carboxylic acids is 2. The molecule has 2 unspecified atom stereocenters. The van der Waals surface area contributed by atoms with Gasteiger partial charge in [-0.15, -0.1) is 0 Å². The van der Waals surface area contributed by atoms with Crippen LogP contribution in [-0.2, 0) is 14.3 Å². The second-order valence-corrected chi connectivity index (χ2v) is 16.8. The van der Waals surface area contributed by atoms with Crippen LogP contribution in [0.1, 0.15) is 258 Å². The van der Waals surface area contributed by atoms with Crippen molar-refractivity contribution in [2.24, 2.45) is 0 Å². The highest BCUT2D eigenvalue weighted by atomic mass is 16.5. The number of hydrogen-bond acceptors (Lipinski definition) is 5. The van der Waals surface area contributed by atoms with Crippen molar-refractivity contribution in [1.82, 2.24) is 5.32 Å². The fraction of sp³-hybridized carbons (Fsp3) is 0.880. The van der Waals surface area contributed by atoms with Crippen molar-refractivity contribution in [1.29, 1.82) is 0 Å². The summed E-state index contributed by atoms with van der Waals surface area (Å²) in [6.07, 6.45) is 52.7. The first-order valence-corrected chi connectivity index (χ1v) is 24.6. The van der Waals surface area contributed by atoms with Gasteiger partial charge in [-0.3, -0.25) is 9.59 Å². The smallest absolute Gasteiger partial charge is 0.305 e. The van der Waals surface area contributed by atoms with Gasteiger partial charge in [0.2, 0.25) is 5.91 Å². The minimum atomic E-state index is -0.679. The number of rotatable bonds is 45. The highest BCUT2D eigenvalue weighted by Crippen LogP contribution is 2.16. The van der Waals surface area contributed by atoms with Gasteiger partial charge >= 0.3 is 5.97 Å². The summed E-state index contributed by atoms with van der Waals surface area (Å²) in [7, 11) is 0. The lowest BCUT2D eigenvalue weighted by Crippen LogP contribution is -2.45. The van der Waals surface area contributed by atoms with Gasteiger partial charge in [-0.1, -0.05) is 212 Å². The summed E-state index contributed by atoms with van der Waals surface area (Å²) in [5, 5.41) is 23.2. The highest BCUT2D eigenvalue weighted by Gasteiger charge is 2.20. The molecule has 0 aliphatic heterocycles. The highest BCUT2D eigenvalue weighted by molar-refractivity contribution is 5.76. The van der Waals surface area contributed by atoms with Crippen molar-refractivity contribution in [3.05, 3.63) is 24.3 Å². The maximum atomic E-state index is 12.4. The van der Waals surface area contributed by atoms with E-state index in [4.69, 9.17) is 4.74 Å². The molecule has 0 radical (unpaired) electrons. The van der Waals surface area contributed by atoms with E-state index in [1.54, 1.807) is 0 Å². The number of esters is 1. The van der Waals surface area contributed by atoms with E-state index in [0.717, 1.165) is 70.6 Å². The van der Waals surface area contributed by atoms with Crippen LogP contribution < -0.4 is 5.32 Å². The molecule has 0 rings (SSSR count). The number of amides is 1. The zero-order chi connectivity index (χ0) is 40.8. The van der Waals surface area contributed by atoms with E-state index in [1.165, 1.54) is 154 Å². The van der Waals surface area contributed by atoms with Crippen LogP contribution in [0, 0.1) is 0 Å². The Hall–Kier alpha value is -1.66. The Kier molecular flexibility index (Phi) is 44.7. The molecule has 1 amide bonds. The maximum Gasteiger partial charge on any atom is 0.305 e. The SMILES string of the molecule is CCCCC/C=C\C/C=C\CCCCCCCC(=O)OCCCCCCCCCCCCC(=O)NC(CO)C(O)CCCCCCCCCCCCCCCC. The lowest BCUT2D eigenvalue weighted by Gasteiger charge is -2.22. The molecule has 2 atom stereocenters. The molecule has 0 saturated carbocycles. The van der Waals surface area contributed by atoms with Gasteiger partial charge in [-0.05, 0) is 57.8 Å². The average molecular weight is 790 g/mol. The van der Waals surface area contributed by atoms with Crippen molar-refractivity contribution in [3.8, 4) is 0 Å². The molecule has 0 aromatic rings. The van der Waals surface area contributed by atoms with Gasteiger partial charge < -0.3 is 20.3 Å². The number of ether oxygens (including phenoxy) is 1. The molecule has 6 nitrogen and oxygen atoms in total. The Morgan fingerprint density at radius 3 is 1.39 bits per heavy atom. The molecule has 0 aromatic carbocycles. The number of aliphatic hydroxyl groups excluding tert-OH is 2. The Morgan fingerprint density at radius 2 is 0.893 bits per heavy atom. The van der Waals surface area contributed by atoms with Gasteiger partial charge in [-0.25, -0.2) is 0 Å². The summed E-state index contributed by atoms with van der Waals surface area (Å²) in [5.74, 6) is -0.0920. The molecule has 3 N–H and O–H groups in total. The lowest BCUT2D eigenvalue weighted by molar-refractivity contribution is -0.143. The van der Waals surface area contributed by atoms with E-state index in [2.05, 4.69) is 43.5 Å². The third-order valence-electron chi connectivity index (χ3n) is 11.3. The molecule has 0 heterocycles. The average Bonchev–Trinajstić information content (AvgIpc) is 3.20. The van der Waals surface area contributed by atoms with Crippen LogP contribution in [-0.4, -0.2) is 47.4 Å². The standard InChI is InChI=1S/C50H95NO5/c1-3-5-7-9-11-13-15-17-19-21-23-28-32-36-40-44-50(55)56-45-41-37-33-29-25-24-27-31-35-39-43-49(54)51-47(46-52)48(53)42-38-34-30-26-22-20-18-16-14-12-10-8-6-4-2/h11,13,17,19,47-48,52-53H,3-10,12,14-16,18,20-46H2,1-2H3,(H,51,54)/b13-11-,19-17-. The summed E-state index contributed by atoms with van der Waals surface area (Å²) in [5.41, 5.74) is 0. The molecule has 0 aliphatic carbocycles. The molecule has 0 fully saturated rings. The lowest BCUT2D eigenvalue weighted by atomic mass is 10.0. The summed E-state index contributed by atoms with van der Waals surface area (Å²) in [6, 6.07) is -0.558. The van der Waals surface area contributed by atoms with Gasteiger partial charge in [0.25, 0.3) is 0 Å². The van der Waals surface area contributed by atoms with E-state index < -0.39 is 12.1 Å². The zero-order valence-electron chi connectivity index (χ0n) is 37.4. The van der Waals surface area contributed by atoms with Gasteiger partial charge in [0, 0.05) is 12.8 Å². The molecule has 56 heavy (non-hydrogen) atoms. The van der Waals surface area contributed by atoms with Crippen molar-refractivity contribution in [2.75, 3.05) is 13.2 Å². The van der Waals surface area contributed by atoms with Crippen molar-refractivity contribution in [2.45, 2.75) is 270 Å². The Morgan fingerprint density at radius 1 is 0.500 bits per heavy atom. The maximum absolute atomic E-state index is 12.4. The molecule has 0 saturated heterocycles. The molecule has 0 aliphatic rings. The monoisotopic (exact) mass is 790 g/mol. The van der Waals surface area contributed by atoms with Crippen molar-refractivity contribution in [3.63, 3.8) is 0 Å². The largest absolute Gasteiger partial charge is 0.466 e. The number of aliphatic hydroxyl groups is 2. The number of nitrogens with one attached hydrogen (secondary N) is 1. The Balaban J connectivity index is 3.50. The zero-order valence-corrected chi connectivity index (χ0v) is 37.4. The third kappa shape index (κ3) is 42.0. The molecule has 330 valence electrons. The summed E-state index contributed by atoms with van der Waals surface area (Å²) in [4.78, 5) is 24.4. The molecule has 0 aromatic heterocycles. The fourth-order valence-corrected chi connectivity index (χ4v) is 7.43. The topological polar surface area (TPSA) is 95.9 Å². The predicted octanol–water partition coefficient (Wildman–Crippen LogP) is 14.3. The quantitative estimate of drug-likeness (QED) is 0.0324. The van der Waals surface area contributed by atoms with Crippen molar-refractivity contribution >= 4 is 11.9 Å². The summed E-state index contributed by atoms with van der Waals surface area (Å²) < 4.78 is 5.44.